The van der Waals surface area contributed by atoms with Crippen LogP contribution in [-0.4, -0.2) is 20.8 Å². The lowest BCUT2D eigenvalue weighted by Gasteiger charge is -2.11. The number of hydrogen-bond donors (Lipinski definition) is 1. The first-order valence-corrected chi connectivity index (χ1v) is 7.57. The zero-order chi connectivity index (χ0) is 14.2. The van der Waals surface area contributed by atoms with Gasteiger partial charge in [-0.2, -0.15) is 0 Å². The van der Waals surface area contributed by atoms with Gasteiger partial charge in [-0.15, -0.1) is 0 Å². The van der Waals surface area contributed by atoms with E-state index in [4.69, 9.17) is 0 Å². The molecule has 4 rings (SSSR count). The van der Waals surface area contributed by atoms with Gasteiger partial charge < -0.3 is 9.67 Å². The Morgan fingerprint density at radius 1 is 1.10 bits per heavy atom. The van der Waals surface area contributed by atoms with E-state index >= 15 is 0 Å². The highest BCUT2D eigenvalue weighted by molar-refractivity contribution is 6.09. The second-order valence-electron chi connectivity index (χ2n) is 5.70. The number of nitrogens with zero attached hydrogens (tertiary/aromatic N) is 2. The molecular formula is C18H18N2O. The molecule has 0 fully saturated rings. The van der Waals surface area contributed by atoms with Crippen LogP contribution in [0.15, 0.2) is 42.6 Å². The van der Waals surface area contributed by atoms with Crippen molar-refractivity contribution in [3.63, 3.8) is 0 Å². The molecule has 0 saturated heterocycles. The van der Waals surface area contributed by atoms with Crippen molar-refractivity contribution >= 4 is 28.0 Å². The summed E-state index contributed by atoms with van der Waals surface area (Å²) in [7, 11) is 0. The van der Waals surface area contributed by atoms with Crippen LogP contribution in [-0.2, 0) is 6.42 Å². The summed E-state index contributed by atoms with van der Waals surface area (Å²) >= 11 is 0. The van der Waals surface area contributed by atoms with Crippen molar-refractivity contribution in [2.75, 3.05) is 0 Å². The van der Waals surface area contributed by atoms with Crippen molar-refractivity contribution in [3.05, 3.63) is 48.3 Å². The highest BCUT2D eigenvalue weighted by Gasteiger charge is 2.14. The molecule has 0 aliphatic carbocycles. The van der Waals surface area contributed by atoms with Crippen LogP contribution >= 0.6 is 0 Å². The predicted octanol–water partition coefficient (Wildman–Crippen LogP) is 3.75. The maximum absolute atomic E-state index is 10.0. The predicted molar refractivity (Wildman–Crippen MR) is 86.1 cm³/mol. The number of aromatic nitrogens is 2. The van der Waals surface area contributed by atoms with Crippen LogP contribution in [0.2, 0.25) is 0 Å². The van der Waals surface area contributed by atoms with E-state index in [9.17, 15) is 5.11 Å². The van der Waals surface area contributed by atoms with Crippen molar-refractivity contribution in [1.82, 2.24) is 9.55 Å². The number of benzene rings is 1. The van der Waals surface area contributed by atoms with Crippen molar-refractivity contribution in [2.45, 2.75) is 31.8 Å². The molecule has 0 bridgehead atoms. The third kappa shape index (κ3) is 2.05. The first-order chi connectivity index (χ1) is 10.3. The highest BCUT2D eigenvalue weighted by atomic mass is 16.3. The van der Waals surface area contributed by atoms with Gasteiger partial charge in [0.1, 0.15) is 0 Å². The summed E-state index contributed by atoms with van der Waals surface area (Å²) in [6, 6.07) is 10.5. The number of fused-ring (bicyclic) bond motifs is 3. The molecule has 0 radical (unpaired) electrons. The van der Waals surface area contributed by atoms with E-state index in [0.29, 0.717) is 0 Å². The molecule has 0 spiro atoms. The van der Waals surface area contributed by atoms with E-state index in [1.165, 1.54) is 21.8 Å². The van der Waals surface area contributed by atoms with Crippen LogP contribution in [0.25, 0.3) is 28.0 Å². The van der Waals surface area contributed by atoms with E-state index in [0.717, 1.165) is 31.4 Å². The van der Waals surface area contributed by atoms with Gasteiger partial charge in [0.2, 0.25) is 0 Å². The Bertz CT molecular complexity index is 832. The lowest BCUT2D eigenvalue weighted by atomic mass is 10.1. The molecule has 21 heavy (non-hydrogen) atoms. The zero-order valence-corrected chi connectivity index (χ0v) is 11.9. The third-order valence-corrected chi connectivity index (χ3v) is 4.32. The molecule has 1 aliphatic heterocycles. The summed E-state index contributed by atoms with van der Waals surface area (Å²) in [5.41, 5.74) is 3.51. The molecule has 1 atom stereocenters. The summed E-state index contributed by atoms with van der Waals surface area (Å²) in [6.07, 6.45) is 9.34. The van der Waals surface area contributed by atoms with E-state index in [2.05, 4.69) is 39.9 Å². The Morgan fingerprint density at radius 3 is 2.95 bits per heavy atom. The van der Waals surface area contributed by atoms with E-state index in [1.807, 2.05) is 18.5 Å². The van der Waals surface area contributed by atoms with Gasteiger partial charge in [-0.25, -0.2) is 0 Å². The third-order valence-electron chi connectivity index (χ3n) is 4.32. The molecule has 1 N–H and O–H groups in total. The van der Waals surface area contributed by atoms with E-state index in [-0.39, 0.29) is 6.10 Å². The summed E-state index contributed by atoms with van der Waals surface area (Å²) in [5.74, 6) is 0. The monoisotopic (exact) mass is 278 g/mol. The molecule has 2 aromatic heterocycles. The van der Waals surface area contributed by atoms with Gasteiger partial charge in [-0.1, -0.05) is 24.6 Å². The van der Waals surface area contributed by atoms with Crippen molar-refractivity contribution in [2.24, 2.45) is 0 Å². The first kappa shape index (κ1) is 12.6. The van der Waals surface area contributed by atoms with Gasteiger partial charge >= 0.3 is 0 Å². The molecule has 3 heterocycles. The maximum atomic E-state index is 10.0. The molecule has 0 saturated carbocycles. The Labute approximate surface area is 123 Å². The Balaban J connectivity index is 2.11. The number of pyridine rings is 1. The lowest BCUT2D eigenvalue weighted by Crippen LogP contribution is -2.05. The molecule has 3 nitrogen and oxygen atoms in total. The molecule has 1 aliphatic rings. The fourth-order valence-corrected chi connectivity index (χ4v) is 3.28. The highest BCUT2D eigenvalue weighted by Crippen LogP contribution is 2.31. The Kier molecular flexibility index (Phi) is 3.00. The fourth-order valence-electron chi connectivity index (χ4n) is 3.28. The Morgan fingerprint density at radius 2 is 2.00 bits per heavy atom. The lowest BCUT2D eigenvalue weighted by molar-refractivity contribution is 0.209. The van der Waals surface area contributed by atoms with Crippen LogP contribution in [0.1, 0.15) is 25.0 Å². The average Bonchev–Trinajstić information content (AvgIpc) is 2.84. The largest absolute Gasteiger partial charge is 0.389 e. The van der Waals surface area contributed by atoms with E-state index < -0.39 is 0 Å². The second kappa shape index (κ2) is 5.01. The SMILES string of the molecule is OC1/C=C\n2c3ccccc3c3ccnc(c32)CCCC1. The van der Waals surface area contributed by atoms with Gasteiger partial charge in [0, 0.05) is 23.2 Å². The quantitative estimate of drug-likeness (QED) is 0.680. The van der Waals surface area contributed by atoms with Crippen LogP contribution in [0.3, 0.4) is 0 Å². The molecular weight excluding hydrogens is 260 g/mol. The van der Waals surface area contributed by atoms with E-state index in [1.54, 1.807) is 0 Å². The fraction of sp³-hybridized carbons (Fsp3) is 0.278. The minimum Gasteiger partial charge on any atom is -0.389 e. The number of hydrogen-bond acceptors (Lipinski definition) is 2. The number of aryl methyl sites for hydroxylation is 1. The smallest absolute Gasteiger partial charge is 0.0751 e. The van der Waals surface area contributed by atoms with Crippen molar-refractivity contribution < 1.29 is 5.11 Å². The van der Waals surface area contributed by atoms with Crippen molar-refractivity contribution in [3.8, 4) is 0 Å². The summed E-state index contributed by atoms with van der Waals surface area (Å²) in [4.78, 5) is 4.61. The van der Waals surface area contributed by atoms with Gasteiger partial charge in [-0.05, 0) is 37.5 Å². The van der Waals surface area contributed by atoms with Gasteiger partial charge in [0.15, 0.2) is 0 Å². The number of aliphatic hydroxyl groups excluding tert-OH is 1. The molecule has 106 valence electrons. The zero-order valence-electron chi connectivity index (χ0n) is 11.9. The van der Waals surface area contributed by atoms with Crippen LogP contribution in [0.4, 0.5) is 0 Å². The normalized spacial score (nSPS) is 20.7. The van der Waals surface area contributed by atoms with Gasteiger partial charge in [-0.3, -0.25) is 4.98 Å². The summed E-state index contributed by atoms with van der Waals surface area (Å²) in [6.45, 7) is 0. The van der Waals surface area contributed by atoms with Crippen molar-refractivity contribution in [1.29, 1.82) is 0 Å². The maximum Gasteiger partial charge on any atom is 0.0751 e. The number of rotatable bonds is 0. The molecule has 3 heteroatoms. The number of aliphatic hydroxyl groups is 1. The second-order valence-corrected chi connectivity index (χ2v) is 5.70. The van der Waals surface area contributed by atoms with Crippen LogP contribution < -0.4 is 0 Å². The van der Waals surface area contributed by atoms with Gasteiger partial charge in [0.25, 0.3) is 0 Å². The molecule has 0 amide bonds. The minimum absolute atomic E-state index is 0.362. The topological polar surface area (TPSA) is 38.0 Å². The molecule has 1 unspecified atom stereocenters. The minimum atomic E-state index is -0.362. The van der Waals surface area contributed by atoms with Crippen LogP contribution in [0.5, 0.6) is 0 Å². The number of para-hydroxylation sites is 1. The average molecular weight is 278 g/mol. The standard InChI is InChI=1S/C18H18N2O/c21-13-5-1-3-7-16-18-15(9-11-19-16)14-6-2-4-8-17(14)20(18)12-10-13/h2,4,6,8-13,21H,1,3,5,7H2/b12-10-. The van der Waals surface area contributed by atoms with Gasteiger partial charge in [0.05, 0.1) is 22.8 Å². The Hall–Kier alpha value is -2.13. The molecule has 1 aromatic carbocycles. The first-order valence-electron chi connectivity index (χ1n) is 7.57. The molecule has 3 aromatic rings. The summed E-state index contributed by atoms with van der Waals surface area (Å²) in [5, 5.41) is 12.5. The van der Waals surface area contributed by atoms with Crippen LogP contribution in [0, 0.1) is 0 Å². The summed E-state index contributed by atoms with van der Waals surface area (Å²) < 4.78 is 2.18.